The molecule has 0 spiro atoms. The van der Waals surface area contributed by atoms with Gasteiger partial charge in [0.25, 0.3) is 0 Å². The van der Waals surface area contributed by atoms with Gasteiger partial charge >= 0.3 is 12.9 Å². The Morgan fingerprint density at radius 3 is 2.17 bits per heavy atom. The van der Waals surface area contributed by atoms with Gasteiger partial charge in [-0.1, -0.05) is 35.4 Å². The summed E-state index contributed by atoms with van der Waals surface area (Å²) in [6, 6.07) is 14.7. The van der Waals surface area contributed by atoms with Gasteiger partial charge in [-0.25, -0.2) is 4.57 Å². The molecule has 0 bridgehead atoms. The van der Waals surface area contributed by atoms with E-state index in [1.165, 1.54) is 11.4 Å². The van der Waals surface area contributed by atoms with Crippen LogP contribution in [0.1, 0.15) is 18.3 Å². The molecule has 24 heavy (non-hydrogen) atoms. The van der Waals surface area contributed by atoms with E-state index in [0.29, 0.717) is 0 Å². The molecule has 3 nitrogen and oxygen atoms in total. The van der Waals surface area contributed by atoms with Gasteiger partial charge in [0.2, 0.25) is 0 Å². The molecular weight excluding hydrogens is 321 g/mol. The summed E-state index contributed by atoms with van der Waals surface area (Å²) in [7, 11) is -6.00. The van der Waals surface area contributed by atoms with Crippen molar-refractivity contribution in [2.45, 2.75) is 27.3 Å². The summed E-state index contributed by atoms with van der Waals surface area (Å²) in [5.41, 5.74) is 5.77. The number of hydrogen-bond donors (Lipinski definition) is 0. The van der Waals surface area contributed by atoms with Crippen LogP contribution in [0.2, 0.25) is 0 Å². The molecule has 2 aromatic heterocycles. The van der Waals surface area contributed by atoms with Crippen molar-refractivity contribution in [2.75, 3.05) is 0 Å². The number of halogens is 4. The minimum absolute atomic E-state index is 0.954. The summed E-state index contributed by atoms with van der Waals surface area (Å²) in [6.45, 7) is 7.36. The number of aromatic nitrogens is 3. The number of nitrogens with zero attached hydrogens (tertiary/aromatic N) is 3. The summed E-state index contributed by atoms with van der Waals surface area (Å²) in [4.78, 5) is 0. The minimum atomic E-state index is -6.00. The van der Waals surface area contributed by atoms with Crippen molar-refractivity contribution in [2.24, 2.45) is 0 Å². The minimum Gasteiger partial charge on any atom is -0.418 e. The third kappa shape index (κ3) is 4.34. The SMILES string of the molecule is CC[n+]1c(C)cc(C)n2nc(-c3ccccc3)cc21.F[B-](F)(F)F. The van der Waals surface area contributed by atoms with Gasteiger partial charge in [-0.15, -0.1) is 4.52 Å². The summed E-state index contributed by atoms with van der Waals surface area (Å²) in [6.07, 6.45) is 0. The molecule has 3 rings (SSSR count). The lowest BCUT2D eigenvalue weighted by atomic mass is 10.2. The number of fused-ring (bicyclic) bond motifs is 1. The summed E-state index contributed by atoms with van der Waals surface area (Å²) in [5, 5.41) is 4.73. The largest absolute Gasteiger partial charge is 0.673 e. The van der Waals surface area contributed by atoms with Gasteiger partial charge in [-0.2, -0.15) is 0 Å². The Balaban J connectivity index is 0.000000368. The third-order valence-electron chi connectivity index (χ3n) is 3.53. The van der Waals surface area contributed by atoms with Crippen LogP contribution in [0.4, 0.5) is 17.3 Å². The van der Waals surface area contributed by atoms with Gasteiger partial charge in [0.15, 0.2) is 0 Å². The van der Waals surface area contributed by atoms with E-state index < -0.39 is 7.25 Å². The lowest BCUT2D eigenvalue weighted by Crippen LogP contribution is -2.38. The second-order valence-corrected chi connectivity index (χ2v) is 5.33. The van der Waals surface area contributed by atoms with Crippen LogP contribution in [0.25, 0.3) is 16.9 Å². The van der Waals surface area contributed by atoms with Gasteiger partial charge < -0.3 is 17.3 Å². The molecule has 0 aliphatic carbocycles. The maximum absolute atomic E-state index is 9.75. The molecule has 0 unspecified atom stereocenters. The molecule has 0 fully saturated rings. The fourth-order valence-corrected chi connectivity index (χ4v) is 2.61. The monoisotopic (exact) mass is 339 g/mol. The highest BCUT2D eigenvalue weighted by Crippen LogP contribution is 2.19. The van der Waals surface area contributed by atoms with Gasteiger partial charge in [0.05, 0.1) is 12.6 Å². The van der Waals surface area contributed by atoms with Crippen molar-refractivity contribution in [3.05, 3.63) is 53.9 Å². The summed E-state index contributed by atoms with van der Waals surface area (Å²) >= 11 is 0. The molecular formula is C16H18BF4N3. The molecule has 0 aliphatic rings. The average Bonchev–Trinajstić information content (AvgIpc) is 2.92. The predicted molar refractivity (Wildman–Crippen MR) is 86.2 cm³/mol. The molecule has 0 saturated heterocycles. The molecule has 0 amide bonds. The lowest BCUT2D eigenvalue weighted by molar-refractivity contribution is -0.677. The smallest absolute Gasteiger partial charge is 0.418 e. The molecule has 0 saturated carbocycles. The van der Waals surface area contributed by atoms with E-state index in [1.807, 2.05) is 22.7 Å². The Morgan fingerprint density at radius 1 is 1.04 bits per heavy atom. The van der Waals surface area contributed by atoms with Crippen molar-refractivity contribution >= 4 is 12.9 Å². The second-order valence-electron chi connectivity index (χ2n) is 5.33. The van der Waals surface area contributed by atoms with Crippen molar-refractivity contribution in [3.63, 3.8) is 0 Å². The Morgan fingerprint density at radius 2 is 1.62 bits per heavy atom. The Bertz CT molecular complexity index is 823. The van der Waals surface area contributed by atoms with Crippen molar-refractivity contribution in [3.8, 4) is 11.3 Å². The van der Waals surface area contributed by atoms with E-state index in [0.717, 1.165) is 23.4 Å². The highest BCUT2D eigenvalue weighted by molar-refractivity contribution is 6.50. The average molecular weight is 339 g/mol. The Labute approximate surface area is 137 Å². The fourth-order valence-electron chi connectivity index (χ4n) is 2.61. The first-order valence-corrected chi connectivity index (χ1v) is 7.53. The van der Waals surface area contributed by atoms with Crippen molar-refractivity contribution in [1.29, 1.82) is 0 Å². The standard InChI is InChI=1S/C16H18N3.BF4/c1-4-18-12(2)10-13(3)19-16(18)11-15(17-19)14-8-6-5-7-9-14;2-1(3,4)5/h5-11H,4H2,1-3H3;/q+1;-1. The molecule has 8 heteroatoms. The van der Waals surface area contributed by atoms with Gasteiger partial charge in [0, 0.05) is 18.6 Å². The van der Waals surface area contributed by atoms with Crippen LogP contribution in [0.5, 0.6) is 0 Å². The number of rotatable bonds is 2. The zero-order valence-electron chi connectivity index (χ0n) is 13.7. The highest BCUT2D eigenvalue weighted by atomic mass is 19.5. The third-order valence-corrected chi connectivity index (χ3v) is 3.53. The number of benzene rings is 1. The molecule has 128 valence electrons. The summed E-state index contributed by atoms with van der Waals surface area (Å²) in [5.74, 6) is 0. The van der Waals surface area contributed by atoms with E-state index in [1.54, 1.807) is 0 Å². The fraction of sp³-hybridized carbons (Fsp3) is 0.250. The highest BCUT2D eigenvalue weighted by Gasteiger charge is 2.20. The predicted octanol–water partition coefficient (Wildman–Crippen LogP) is 4.23. The maximum atomic E-state index is 9.75. The van der Waals surface area contributed by atoms with E-state index in [2.05, 4.69) is 49.6 Å². The van der Waals surface area contributed by atoms with Crippen LogP contribution < -0.4 is 4.57 Å². The van der Waals surface area contributed by atoms with Crippen LogP contribution in [0.15, 0.2) is 42.5 Å². The van der Waals surface area contributed by atoms with Gasteiger partial charge in [0.1, 0.15) is 17.1 Å². The van der Waals surface area contributed by atoms with Crippen LogP contribution in [0, 0.1) is 13.8 Å². The second kappa shape index (κ2) is 7.03. The van der Waals surface area contributed by atoms with Crippen LogP contribution in [-0.4, -0.2) is 16.9 Å². The van der Waals surface area contributed by atoms with Crippen LogP contribution >= 0.6 is 0 Å². The van der Waals surface area contributed by atoms with Gasteiger partial charge in [-0.05, 0) is 13.8 Å². The number of hydrogen-bond acceptors (Lipinski definition) is 1. The van der Waals surface area contributed by atoms with E-state index in [-0.39, 0.29) is 0 Å². The van der Waals surface area contributed by atoms with E-state index in [9.17, 15) is 17.3 Å². The zero-order chi connectivity index (χ0) is 17.9. The quantitative estimate of drug-likeness (QED) is 0.389. The topological polar surface area (TPSA) is 21.2 Å². The number of aryl methyl sites for hydroxylation is 3. The molecule has 0 atom stereocenters. The van der Waals surface area contributed by atoms with Crippen molar-refractivity contribution in [1.82, 2.24) is 9.61 Å². The Kier molecular flexibility index (Phi) is 5.26. The van der Waals surface area contributed by atoms with E-state index >= 15 is 0 Å². The van der Waals surface area contributed by atoms with Gasteiger partial charge in [-0.3, -0.25) is 0 Å². The Hall–Kier alpha value is -2.38. The van der Waals surface area contributed by atoms with E-state index in [4.69, 9.17) is 5.10 Å². The molecule has 0 N–H and O–H groups in total. The maximum Gasteiger partial charge on any atom is 0.673 e. The van der Waals surface area contributed by atoms with Crippen LogP contribution in [-0.2, 0) is 6.54 Å². The molecule has 2 heterocycles. The first-order chi connectivity index (χ1) is 11.2. The first-order valence-electron chi connectivity index (χ1n) is 7.53. The van der Waals surface area contributed by atoms with Crippen LogP contribution in [0.3, 0.4) is 0 Å². The zero-order valence-corrected chi connectivity index (χ0v) is 13.7. The van der Waals surface area contributed by atoms with Crippen molar-refractivity contribution < 1.29 is 21.8 Å². The molecule has 3 aromatic rings. The normalized spacial score (nSPS) is 11.3. The molecule has 0 radical (unpaired) electrons. The lowest BCUT2D eigenvalue weighted by Gasteiger charge is -2.02. The molecule has 1 aromatic carbocycles. The summed E-state index contributed by atoms with van der Waals surface area (Å²) < 4.78 is 43.3. The first kappa shape index (κ1) is 18.0. The molecule has 0 aliphatic heterocycles.